The maximum atomic E-state index is 13.1. The lowest BCUT2D eigenvalue weighted by Crippen LogP contribution is -2.02. The van der Waals surface area contributed by atoms with Crippen LogP contribution in [-0.2, 0) is 5.75 Å². The first kappa shape index (κ1) is 19.4. The molecule has 148 valence electrons. The smallest absolute Gasteiger partial charge is 0.336 e. The number of halogens is 1. The molecule has 0 N–H and O–H groups in total. The molecule has 0 radical (unpaired) electrons. The molecule has 2 aromatic carbocycles. The number of hydrogen-bond acceptors (Lipinski definition) is 6. The van der Waals surface area contributed by atoms with Crippen molar-refractivity contribution in [3.63, 3.8) is 0 Å². The van der Waals surface area contributed by atoms with Gasteiger partial charge in [-0.25, -0.2) is 9.18 Å². The molecule has 0 aliphatic rings. The Morgan fingerprint density at radius 3 is 2.55 bits per heavy atom. The van der Waals surface area contributed by atoms with Gasteiger partial charge in [0.2, 0.25) is 5.89 Å². The number of aromatic nitrogens is 2. The van der Waals surface area contributed by atoms with Gasteiger partial charge in [0.1, 0.15) is 11.4 Å². The lowest BCUT2D eigenvalue weighted by molar-refractivity contribution is 0.465. The SMILES string of the molecule is Cc1cc2oc(=O)cc(CSc3nnc(-c4ccc(F)cc4)o3)c2cc1C(C)C. The minimum atomic E-state index is -0.387. The summed E-state index contributed by atoms with van der Waals surface area (Å²) in [5, 5.41) is 9.34. The molecule has 7 heteroatoms. The van der Waals surface area contributed by atoms with Crippen LogP contribution in [0.2, 0.25) is 0 Å². The van der Waals surface area contributed by atoms with Gasteiger partial charge in [-0.05, 0) is 65.9 Å². The molecule has 0 saturated heterocycles. The maximum Gasteiger partial charge on any atom is 0.336 e. The number of aryl methyl sites for hydroxylation is 1. The van der Waals surface area contributed by atoms with Crippen molar-refractivity contribution in [3.05, 3.63) is 75.4 Å². The zero-order valence-corrected chi connectivity index (χ0v) is 17.0. The average Bonchev–Trinajstić information content (AvgIpc) is 3.14. The quantitative estimate of drug-likeness (QED) is 0.310. The van der Waals surface area contributed by atoms with Crippen LogP contribution in [0.1, 0.15) is 36.5 Å². The summed E-state index contributed by atoms with van der Waals surface area (Å²) < 4.78 is 24.1. The van der Waals surface area contributed by atoms with E-state index in [9.17, 15) is 9.18 Å². The molecule has 0 bridgehead atoms. The van der Waals surface area contributed by atoms with Crippen molar-refractivity contribution in [3.8, 4) is 11.5 Å². The number of fused-ring (bicyclic) bond motifs is 1. The van der Waals surface area contributed by atoms with Gasteiger partial charge in [0.25, 0.3) is 5.22 Å². The van der Waals surface area contributed by atoms with Gasteiger partial charge in [0, 0.05) is 22.8 Å². The van der Waals surface area contributed by atoms with Gasteiger partial charge >= 0.3 is 5.63 Å². The van der Waals surface area contributed by atoms with Crippen LogP contribution in [-0.4, -0.2) is 10.2 Å². The zero-order valence-electron chi connectivity index (χ0n) is 16.2. The van der Waals surface area contributed by atoms with Crippen molar-refractivity contribution in [2.24, 2.45) is 0 Å². The van der Waals surface area contributed by atoms with E-state index in [0.29, 0.717) is 33.9 Å². The van der Waals surface area contributed by atoms with Gasteiger partial charge in [-0.1, -0.05) is 25.6 Å². The van der Waals surface area contributed by atoms with Crippen LogP contribution in [0.25, 0.3) is 22.4 Å². The van der Waals surface area contributed by atoms with E-state index in [1.54, 1.807) is 12.1 Å². The molecule has 0 spiro atoms. The van der Waals surface area contributed by atoms with Crippen molar-refractivity contribution in [1.82, 2.24) is 10.2 Å². The lowest BCUT2D eigenvalue weighted by Gasteiger charge is -2.12. The fourth-order valence-electron chi connectivity index (χ4n) is 3.25. The Bertz CT molecular complexity index is 1230. The normalized spacial score (nSPS) is 11.5. The van der Waals surface area contributed by atoms with Gasteiger partial charge < -0.3 is 8.83 Å². The first-order chi connectivity index (χ1) is 13.9. The monoisotopic (exact) mass is 410 g/mol. The van der Waals surface area contributed by atoms with E-state index < -0.39 is 0 Å². The van der Waals surface area contributed by atoms with Gasteiger partial charge in [-0.15, -0.1) is 10.2 Å². The Morgan fingerprint density at radius 2 is 1.83 bits per heavy atom. The van der Waals surface area contributed by atoms with E-state index >= 15 is 0 Å². The second kappa shape index (κ2) is 7.83. The fourth-order valence-corrected chi connectivity index (χ4v) is 4.00. The molecule has 0 unspecified atom stereocenters. The van der Waals surface area contributed by atoms with Crippen LogP contribution < -0.4 is 5.63 Å². The summed E-state index contributed by atoms with van der Waals surface area (Å²) in [7, 11) is 0. The van der Waals surface area contributed by atoms with Crippen LogP contribution >= 0.6 is 11.8 Å². The van der Waals surface area contributed by atoms with Crippen LogP contribution in [0.4, 0.5) is 4.39 Å². The Kier molecular flexibility index (Phi) is 5.24. The summed E-state index contributed by atoms with van der Waals surface area (Å²) in [4.78, 5) is 12.0. The summed E-state index contributed by atoms with van der Waals surface area (Å²) in [5.74, 6) is 0.839. The minimum Gasteiger partial charge on any atom is -0.423 e. The van der Waals surface area contributed by atoms with Gasteiger partial charge in [0.15, 0.2) is 0 Å². The fraction of sp³-hybridized carbons (Fsp3) is 0.227. The molecule has 0 amide bonds. The molecule has 0 aliphatic carbocycles. The molecule has 0 fully saturated rings. The summed E-state index contributed by atoms with van der Waals surface area (Å²) in [6.45, 7) is 6.29. The van der Waals surface area contributed by atoms with Crippen molar-refractivity contribution in [2.75, 3.05) is 0 Å². The van der Waals surface area contributed by atoms with Crippen LogP contribution in [0, 0.1) is 12.7 Å². The van der Waals surface area contributed by atoms with E-state index in [-0.39, 0.29) is 11.4 Å². The Balaban J connectivity index is 1.62. The van der Waals surface area contributed by atoms with Crippen molar-refractivity contribution >= 4 is 22.7 Å². The highest BCUT2D eigenvalue weighted by Gasteiger charge is 2.14. The number of thioether (sulfide) groups is 1. The molecule has 0 aliphatic heterocycles. The Morgan fingerprint density at radius 1 is 1.07 bits per heavy atom. The standard InChI is InChI=1S/C22H19FN2O3S/c1-12(2)17-10-18-15(9-20(26)27-19(18)8-13(17)3)11-29-22-25-24-21(28-22)14-4-6-16(23)7-5-14/h4-10,12H,11H2,1-3H3. The summed E-state index contributed by atoms with van der Waals surface area (Å²) in [5.41, 5.74) is 4.00. The highest BCUT2D eigenvalue weighted by molar-refractivity contribution is 7.98. The first-order valence-corrected chi connectivity index (χ1v) is 10.2. The summed E-state index contributed by atoms with van der Waals surface area (Å²) >= 11 is 1.34. The maximum absolute atomic E-state index is 13.1. The van der Waals surface area contributed by atoms with Crippen molar-refractivity contribution < 1.29 is 13.2 Å². The number of nitrogens with zero attached hydrogens (tertiary/aromatic N) is 2. The molecule has 4 rings (SSSR count). The topological polar surface area (TPSA) is 69.1 Å². The predicted octanol–water partition coefficient (Wildman–Crippen LogP) is 5.71. The van der Waals surface area contributed by atoms with Crippen LogP contribution in [0.5, 0.6) is 0 Å². The highest BCUT2D eigenvalue weighted by Crippen LogP contribution is 2.31. The second-order valence-corrected chi connectivity index (χ2v) is 8.05. The molecule has 2 heterocycles. The van der Waals surface area contributed by atoms with E-state index in [4.69, 9.17) is 8.83 Å². The van der Waals surface area contributed by atoms with Crippen molar-refractivity contribution in [1.29, 1.82) is 0 Å². The average molecular weight is 410 g/mol. The lowest BCUT2D eigenvalue weighted by atomic mass is 9.95. The molecule has 0 saturated carbocycles. The zero-order chi connectivity index (χ0) is 20.5. The minimum absolute atomic E-state index is 0.322. The predicted molar refractivity (Wildman–Crippen MR) is 111 cm³/mol. The third kappa shape index (κ3) is 4.10. The van der Waals surface area contributed by atoms with E-state index in [1.807, 2.05) is 13.0 Å². The second-order valence-electron chi connectivity index (χ2n) is 7.12. The first-order valence-electron chi connectivity index (χ1n) is 9.20. The Hall–Kier alpha value is -2.93. The molecular weight excluding hydrogens is 391 g/mol. The van der Waals surface area contributed by atoms with Gasteiger partial charge in [-0.2, -0.15) is 0 Å². The molecule has 0 atom stereocenters. The number of hydrogen-bond donors (Lipinski definition) is 0. The van der Waals surface area contributed by atoms with E-state index in [1.165, 1.54) is 35.5 Å². The molecular formula is C22H19FN2O3S. The molecule has 29 heavy (non-hydrogen) atoms. The van der Waals surface area contributed by atoms with Crippen LogP contribution in [0.3, 0.4) is 0 Å². The third-order valence-electron chi connectivity index (χ3n) is 4.69. The molecule has 2 aromatic heterocycles. The van der Waals surface area contributed by atoms with Crippen molar-refractivity contribution in [2.45, 2.75) is 37.7 Å². The highest BCUT2D eigenvalue weighted by atomic mass is 32.2. The van der Waals surface area contributed by atoms with E-state index in [2.05, 4.69) is 30.1 Å². The number of rotatable bonds is 5. The third-order valence-corrected chi connectivity index (χ3v) is 5.55. The van der Waals surface area contributed by atoms with Gasteiger partial charge in [-0.3, -0.25) is 0 Å². The van der Waals surface area contributed by atoms with Crippen LogP contribution in [0.15, 0.2) is 61.3 Å². The van der Waals surface area contributed by atoms with Gasteiger partial charge in [0.05, 0.1) is 0 Å². The summed E-state index contributed by atoms with van der Waals surface area (Å²) in [6, 6.07) is 11.4. The Labute approximate surface area is 171 Å². The largest absolute Gasteiger partial charge is 0.423 e. The van der Waals surface area contributed by atoms with E-state index in [0.717, 1.165) is 16.5 Å². The molecule has 4 aromatic rings. The number of benzene rings is 2. The molecule has 5 nitrogen and oxygen atoms in total. The summed E-state index contributed by atoms with van der Waals surface area (Å²) in [6.07, 6.45) is 0.